The molecule has 0 N–H and O–H groups in total. The van der Waals surface area contributed by atoms with Crippen molar-refractivity contribution in [2.45, 2.75) is 27.2 Å². The van der Waals surface area contributed by atoms with Gasteiger partial charge in [0.2, 0.25) is 0 Å². The molecular weight excluding hydrogens is 192 g/mol. The van der Waals surface area contributed by atoms with Crippen LogP contribution in [0.1, 0.15) is 27.2 Å². The van der Waals surface area contributed by atoms with Gasteiger partial charge in [-0.3, -0.25) is 0 Å². The first-order valence-corrected chi connectivity index (χ1v) is 6.16. The zero-order chi connectivity index (χ0) is 10.8. The van der Waals surface area contributed by atoms with Gasteiger partial charge in [0, 0.05) is 10.7 Å². The van der Waals surface area contributed by atoms with Gasteiger partial charge >= 0.3 is 0 Å². The predicted molar refractivity (Wildman–Crippen MR) is 66.4 cm³/mol. The molecule has 1 fully saturated rings. The summed E-state index contributed by atoms with van der Waals surface area (Å²) in [4.78, 5) is 1.21. The maximum Gasteiger partial charge on any atom is 0.128 e. The second kappa shape index (κ2) is 8.95. The lowest BCUT2D eigenvalue weighted by molar-refractivity contribution is 0.238. The van der Waals surface area contributed by atoms with Gasteiger partial charge in [0.05, 0.1) is 6.61 Å². The van der Waals surface area contributed by atoms with E-state index in [2.05, 4.69) is 19.6 Å². The van der Waals surface area contributed by atoms with Crippen molar-refractivity contribution < 1.29 is 4.74 Å². The number of hydrogen-bond donors (Lipinski definition) is 0. The molecule has 0 saturated carbocycles. The number of hydrogen-bond acceptors (Lipinski definition) is 2. The Hall–Kier alpha value is -0.630. The Labute approximate surface area is 91.9 Å². The smallest absolute Gasteiger partial charge is 0.128 e. The SMILES string of the molecule is C=C/C=C1/SCCO/C1=C/CC.CC. The fourth-order valence-corrected chi connectivity index (χ4v) is 1.89. The van der Waals surface area contributed by atoms with Gasteiger partial charge in [0.15, 0.2) is 0 Å². The van der Waals surface area contributed by atoms with Crippen LogP contribution < -0.4 is 0 Å². The lowest BCUT2D eigenvalue weighted by Gasteiger charge is -2.18. The van der Waals surface area contributed by atoms with E-state index in [1.54, 1.807) is 6.08 Å². The highest BCUT2D eigenvalue weighted by molar-refractivity contribution is 8.03. The highest BCUT2D eigenvalue weighted by atomic mass is 32.2. The fourth-order valence-electron chi connectivity index (χ4n) is 1.03. The van der Waals surface area contributed by atoms with Crippen molar-refractivity contribution >= 4 is 11.8 Å². The van der Waals surface area contributed by atoms with E-state index in [9.17, 15) is 0 Å². The van der Waals surface area contributed by atoms with E-state index in [0.717, 1.165) is 24.5 Å². The summed E-state index contributed by atoms with van der Waals surface area (Å²) in [6, 6.07) is 0. The molecule has 1 nitrogen and oxygen atoms in total. The third-order valence-corrected chi connectivity index (χ3v) is 2.52. The number of rotatable bonds is 2. The quantitative estimate of drug-likeness (QED) is 0.680. The molecule has 0 spiro atoms. The Morgan fingerprint density at radius 1 is 1.50 bits per heavy atom. The van der Waals surface area contributed by atoms with Crippen LogP contribution >= 0.6 is 11.8 Å². The standard InChI is InChI=1S/C10H14OS.C2H6/c1-3-5-9-10(6-4-2)12-8-7-11-9;1-2/h4-6H,2-3,7-8H2,1H3;1-2H3/b9-5+,10-6+;. The highest BCUT2D eigenvalue weighted by Gasteiger charge is 2.11. The van der Waals surface area contributed by atoms with Crippen molar-refractivity contribution in [2.24, 2.45) is 0 Å². The van der Waals surface area contributed by atoms with Crippen molar-refractivity contribution in [3.63, 3.8) is 0 Å². The Morgan fingerprint density at radius 3 is 2.79 bits per heavy atom. The average Bonchev–Trinajstić information content (AvgIpc) is 2.25. The predicted octanol–water partition coefficient (Wildman–Crippen LogP) is 4.14. The Bertz CT molecular complexity index is 216. The number of allylic oxidation sites excluding steroid dienone is 3. The summed E-state index contributed by atoms with van der Waals surface area (Å²) in [5.74, 6) is 2.06. The van der Waals surface area contributed by atoms with Gasteiger partial charge in [-0.25, -0.2) is 0 Å². The molecule has 2 heteroatoms. The van der Waals surface area contributed by atoms with E-state index >= 15 is 0 Å². The minimum Gasteiger partial charge on any atom is -0.492 e. The molecule has 0 unspecified atom stereocenters. The van der Waals surface area contributed by atoms with Gasteiger partial charge in [-0.05, 0) is 18.6 Å². The first-order valence-electron chi connectivity index (χ1n) is 5.17. The topological polar surface area (TPSA) is 9.23 Å². The first-order chi connectivity index (χ1) is 6.88. The zero-order valence-corrected chi connectivity index (χ0v) is 10.2. The van der Waals surface area contributed by atoms with E-state index in [1.807, 2.05) is 31.7 Å². The van der Waals surface area contributed by atoms with Crippen molar-refractivity contribution in [1.29, 1.82) is 0 Å². The van der Waals surface area contributed by atoms with Crippen LogP contribution in [-0.2, 0) is 4.74 Å². The summed E-state index contributed by atoms with van der Waals surface area (Å²) >= 11 is 1.83. The molecule has 0 radical (unpaired) electrons. The second-order valence-electron chi connectivity index (χ2n) is 2.44. The van der Waals surface area contributed by atoms with Crippen LogP contribution in [-0.4, -0.2) is 12.4 Å². The summed E-state index contributed by atoms with van der Waals surface area (Å²) in [6.45, 7) is 10.6. The summed E-state index contributed by atoms with van der Waals surface area (Å²) in [7, 11) is 0. The van der Waals surface area contributed by atoms with Crippen molar-refractivity contribution in [2.75, 3.05) is 12.4 Å². The van der Waals surface area contributed by atoms with Crippen molar-refractivity contribution in [3.05, 3.63) is 35.5 Å². The number of thioether (sulfide) groups is 1. The van der Waals surface area contributed by atoms with Gasteiger partial charge in [0.25, 0.3) is 0 Å². The Balaban J connectivity index is 0.000000791. The first kappa shape index (κ1) is 13.4. The lowest BCUT2D eigenvalue weighted by Crippen LogP contribution is -2.06. The van der Waals surface area contributed by atoms with Crippen LogP contribution in [0, 0.1) is 0 Å². The molecule has 0 aromatic rings. The summed E-state index contributed by atoms with van der Waals surface area (Å²) in [5, 5.41) is 0. The summed E-state index contributed by atoms with van der Waals surface area (Å²) in [6.07, 6.45) is 6.94. The van der Waals surface area contributed by atoms with Crippen molar-refractivity contribution in [1.82, 2.24) is 0 Å². The lowest BCUT2D eigenvalue weighted by atomic mass is 10.3. The summed E-state index contributed by atoms with van der Waals surface area (Å²) < 4.78 is 5.51. The van der Waals surface area contributed by atoms with Crippen LogP contribution in [0.2, 0.25) is 0 Å². The van der Waals surface area contributed by atoms with Gasteiger partial charge in [-0.2, -0.15) is 0 Å². The molecule has 1 saturated heterocycles. The molecule has 1 heterocycles. The normalized spacial score (nSPS) is 21.1. The van der Waals surface area contributed by atoms with Crippen LogP contribution in [0.4, 0.5) is 0 Å². The molecule has 0 bridgehead atoms. The highest BCUT2D eigenvalue weighted by Crippen LogP contribution is 2.29. The average molecular weight is 212 g/mol. The maximum absolute atomic E-state index is 5.51. The molecule has 0 amide bonds. The molecule has 80 valence electrons. The van der Waals surface area contributed by atoms with E-state index in [1.165, 1.54) is 4.91 Å². The van der Waals surface area contributed by atoms with Gasteiger partial charge < -0.3 is 4.74 Å². The molecule has 0 aliphatic carbocycles. The third-order valence-electron chi connectivity index (χ3n) is 1.50. The molecule has 0 aromatic heterocycles. The minimum absolute atomic E-state index is 0.824. The van der Waals surface area contributed by atoms with Crippen LogP contribution in [0.5, 0.6) is 0 Å². The zero-order valence-electron chi connectivity index (χ0n) is 9.38. The van der Waals surface area contributed by atoms with Crippen LogP contribution in [0.3, 0.4) is 0 Å². The molecule has 1 aliphatic heterocycles. The Morgan fingerprint density at radius 2 is 2.21 bits per heavy atom. The Kier molecular flexibility index (Phi) is 8.54. The molecular formula is C12H20OS. The summed E-state index contributed by atoms with van der Waals surface area (Å²) in [5.41, 5.74) is 0. The molecule has 1 aliphatic rings. The second-order valence-corrected chi connectivity index (χ2v) is 3.58. The maximum atomic E-state index is 5.51. The molecule has 1 rings (SSSR count). The molecule has 0 atom stereocenters. The van der Waals surface area contributed by atoms with Gasteiger partial charge in [-0.1, -0.05) is 33.4 Å². The van der Waals surface area contributed by atoms with E-state index in [-0.39, 0.29) is 0 Å². The van der Waals surface area contributed by atoms with Gasteiger partial charge in [0.1, 0.15) is 5.76 Å². The number of ether oxygens (including phenoxy) is 1. The van der Waals surface area contributed by atoms with Gasteiger partial charge in [-0.15, -0.1) is 11.8 Å². The van der Waals surface area contributed by atoms with Crippen molar-refractivity contribution in [3.8, 4) is 0 Å². The van der Waals surface area contributed by atoms with Crippen LogP contribution in [0.15, 0.2) is 35.5 Å². The third kappa shape index (κ3) is 4.56. The monoisotopic (exact) mass is 212 g/mol. The fraction of sp³-hybridized carbons (Fsp3) is 0.500. The van der Waals surface area contributed by atoms with Crippen LogP contribution in [0.25, 0.3) is 0 Å². The minimum atomic E-state index is 0.824. The van der Waals surface area contributed by atoms with E-state index in [4.69, 9.17) is 4.74 Å². The van der Waals surface area contributed by atoms with E-state index in [0.29, 0.717) is 0 Å². The molecule has 0 aromatic carbocycles. The van der Waals surface area contributed by atoms with E-state index < -0.39 is 0 Å². The molecule has 14 heavy (non-hydrogen) atoms. The largest absolute Gasteiger partial charge is 0.492 e.